The van der Waals surface area contributed by atoms with Crippen molar-refractivity contribution in [1.82, 2.24) is 25.0 Å². The van der Waals surface area contributed by atoms with Gasteiger partial charge in [-0.3, -0.25) is 0 Å². The first-order chi connectivity index (χ1) is 16.2. The summed E-state index contributed by atoms with van der Waals surface area (Å²) in [7, 11) is 0. The summed E-state index contributed by atoms with van der Waals surface area (Å²) in [6.07, 6.45) is 1.67. The third-order valence-electron chi connectivity index (χ3n) is 5.06. The van der Waals surface area contributed by atoms with E-state index in [0.717, 1.165) is 35.9 Å². The summed E-state index contributed by atoms with van der Waals surface area (Å²) in [6, 6.07) is 22.0. The number of halogens is 1. The molecule has 5 rings (SSSR count). The maximum Gasteiger partial charge on any atom is 0.247 e. The Labute approximate surface area is 204 Å². The van der Waals surface area contributed by atoms with Crippen molar-refractivity contribution in [3.05, 3.63) is 99.3 Å². The zero-order chi connectivity index (χ0) is 22.5. The van der Waals surface area contributed by atoms with E-state index in [4.69, 9.17) is 16.0 Å². The first-order valence-electron chi connectivity index (χ1n) is 10.4. The molecule has 0 spiro atoms. The van der Waals surface area contributed by atoms with Crippen LogP contribution in [-0.2, 0) is 25.1 Å². The second-order valence-corrected chi connectivity index (χ2v) is 9.75. The smallest absolute Gasteiger partial charge is 0.247 e. The van der Waals surface area contributed by atoms with E-state index in [2.05, 4.69) is 66.7 Å². The Hall–Kier alpha value is -2.94. The monoisotopic (exact) mass is 493 g/mol. The first kappa shape index (κ1) is 21.9. The van der Waals surface area contributed by atoms with Crippen LogP contribution in [0.25, 0.3) is 11.5 Å². The van der Waals surface area contributed by atoms with Crippen LogP contribution in [0.1, 0.15) is 22.2 Å². The van der Waals surface area contributed by atoms with Crippen molar-refractivity contribution in [2.75, 3.05) is 0 Å². The molecular weight excluding hydrogens is 474 g/mol. The molecule has 0 aliphatic heterocycles. The number of aryl methyl sites for hydroxylation is 1. The Kier molecular flexibility index (Phi) is 6.85. The lowest BCUT2D eigenvalue weighted by atomic mass is 10.1. The molecule has 33 heavy (non-hydrogen) atoms. The van der Waals surface area contributed by atoms with Crippen molar-refractivity contribution in [2.45, 2.75) is 30.3 Å². The average molecular weight is 494 g/mol. The molecular formula is C24H20ClN5OS2. The summed E-state index contributed by atoms with van der Waals surface area (Å²) in [4.78, 5) is 1.27. The molecule has 0 amide bonds. The topological polar surface area (TPSA) is 69.6 Å². The van der Waals surface area contributed by atoms with Crippen LogP contribution in [-0.4, -0.2) is 25.0 Å². The number of hydrogen-bond acceptors (Lipinski definition) is 7. The van der Waals surface area contributed by atoms with Crippen LogP contribution in [0.4, 0.5) is 0 Å². The average Bonchev–Trinajstić information content (AvgIpc) is 3.60. The van der Waals surface area contributed by atoms with Crippen molar-refractivity contribution < 1.29 is 4.42 Å². The van der Waals surface area contributed by atoms with Crippen LogP contribution in [0, 0.1) is 0 Å². The third-order valence-corrected chi connectivity index (χ3v) is 7.14. The molecule has 0 saturated heterocycles. The van der Waals surface area contributed by atoms with Gasteiger partial charge in [-0.15, -0.1) is 31.7 Å². The predicted octanol–water partition coefficient (Wildman–Crippen LogP) is 6.17. The van der Waals surface area contributed by atoms with Gasteiger partial charge in [-0.1, -0.05) is 59.8 Å². The van der Waals surface area contributed by atoms with Gasteiger partial charge in [0.25, 0.3) is 0 Å². The maximum atomic E-state index is 5.96. The summed E-state index contributed by atoms with van der Waals surface area (Å²) in [5.41, 5.74) is 2.13. The Morgan fingerprint density at radius 2 is 1.76 bits per heavy atom. The first-order valence-corrected chi connectivity index (χ1v) is 12.7. The van der Waals surface area contributed by atoms with E-state index in [1.165, 1.54) is 10.4 Å². The van der Waals surface area contributed by atoms with E-state index >= 15 is 0 Å². The minimum Gasteiger partial charge on any atom is -0.420 e. The summed E-state index contributed by atoms with van der Waals surface area (Å²) < 4.78 is 8.05. The summed E-state index contributed by atoms with van der Waals surface area (Å²) in [5, 5.41) is 20.9. The maximum absolute atomic E-state index is 5.96. The number of aromatic nitrogens is 5. The number of benzene rings is 2. The van der Waals surface area contributed by atoms with Crippen molar-refractivity contribution in [3.63, 3.8) is 0 Å². The highest BCUT2D eigenvalue weighted by molar-refractivity contribution is 7.98. The molecule has 0 fully saturated rings. The van der Waals surface area contributed by atoms with E-state index in [0.29, 0.717) is 22.6 Å². The van der Waals surface area contributed by atoms with E-state index in [1.807, 2.05) is 18.2 Å². The fourth-order valence-electron chi connectivity index (χ4n) is 3.38. The fraction of sp³-hybridized carbons (Fsp3) is 0.167. The Morgan fingerprint density at radius 1 is 0.909 bits per heavy atom. The SMILES string of the molecule is Clc1ccc(-c2nnc(CSc3nnc(Cc4cccs4)n3CCc3ccccc3)o2)cc1. The number of hydrogen-bond donors (Lipinski definition) is 0. The van der Waals surface area contributed by atoms with Crippen LogP contribution < -0.4 is 0 Å². The van der Waals surface area contributed by atoms with E-state index in [-0.39, 0.29) is 0 Å². The number of thioether (sulfide) groups is 1. The summed E-state index contributed by atoms with van der Waals surface area (Å²) in [6.45, 7) is 0.805. The van der Waals surface area contributed by atoms with Crippen LogP contribution in [0.3, 0.4) is 0 Å². The van der Waals surface area contributed by atoms with Crippen molar-refractivity contribution in [2.24, 2.45) is 0 Å². The van der Waals surface area contributed by atoms with Crippen molar-refractivity contribution in [3.8, 4) is 11.5 Å². The minimum atomic E-state index is 0.478. The lowest BCUT2D eigenvalue weighted by Gasteiger charge is -2.09. The van der Waals surface area contributed by atoms with Crippen molar-refractivity contribution in [1.29, 1.82) is 0 Å². The molecule has 0 aliphatic rings. The Morgan fingerprint density at radius 3 is 2.55 bits per heavy atom. The Bertz CT molecular complexity index is 1300. The molecule has 3 heterocycles. The van der Waals surface area contributed by atoms with Gasteiger partial charge in [0.15, 0.2) is 5.16 Å². The molecule has 9 heteroatoms. The summed E-state index contributed by atoms with van der Waals surface area (Å²) in [5.74, 6) is 2.50. The van der Waals surface area contributed by atoms with Gasteiger partial charge in [0.2, 0.25) is 11.8 Å². The molecule has 2 aromatic carbocycles. The number of rotatable bonds is 9. The molecule has 0 aliphatic carbocycles. The van der Waals surface area contributed by atoms with Gasteiger partial charge >= 0.3 is 0 Å². The zero-order valence-electron chi connectivity index (χ0n) is 17.6. The van der Waals surface area contributed by atoms with Crippen LogP contribution in [0.15, 0.2) is 81.7 Å². The highest BCUT2D eigenvalue weighted by Crippen LogP contribution is 2.26. The van der Waals surface area contributed by atoms with Gasteiger partial charge in [-0.05, 0) is 47.7 Å². The molecule has 0 N–H and O–H groups in total. The van der Waals surface area contributed by atoms with Crippen LogP contribution >= 0.6 is 34.7 Å². The minimum absolute atomic E-state index is 0.478. The standard InChI is InChI=1S/C24H20ClN5OS2/c25-19-10-8-18(9-11-19)23-28-27-22(31-23)16-33-24-29-26-21(15-20-7-4-14-32-20)30(24)13-12-17-5-2-1-3-6-17/h1-11,14H,12-13,15-16H2. The largest absolute Gasteiger partial charge is 0.420 e. The molecule has 0 bridgehead atoms. The van der Waals surface area contributed by atoms with Gasteiger partial charge in [-0.2, -0.15) is 0 Å². The van der Waals surface area contributed by atoms with Crippen molar-refractivity contribution >= 4 is 34.7 Å². The predicted molar refractivity (Wildman–Crippen MR) is 132 cm³/mol. The quantitative estimate of drug-likeness (QED) is 0.229. The van der Waals surface area contributed by atoms with Gasteiger partial charge in [-0.25, -0.2) is 0 Å². The van der Waals surface area contributed by atoms with Gasteiger partial charge in [0.05, 0.1) is 5.75 Å². The number of nitrogens with zero attached hydrogens (tertiary/aromatic N) is 5. The van der Waals surface area contributed by atoms with Crippen LogP contribution in [0.2, 0.25) is 5.02 Å². The van der Waals surface area contributed by atoms with E-state index in [1.54, 1.807) is 35.2 Å². The zero-order valence-corrected chi connectivity index (χ0v) is 20.0. The molecule has 5 aromatic rings. The molecule has 0 atom stereocenters. The molecule has 6 nitrogen and oxygen atoms in total. The third kappa shape index (κ3) is 5.52. The molecule has 3 aromatic heterocycles. The van der Waals surface area contributed by atoms with Crippen LogP contribution in [0.5, 0.6) is 0 Å². The second-order valence-electron chi connectivity index (χ2n) is 7.34. The van der Waals surface area contributed by atoms with E-state index in [9.17, 15) is 0 Å². The summed E-state index contributed by atoms with van der Waals surface area (Å²) >= 11 is 9.25. The second kappa shape index (κ2) is 10.3. The lowest BCUT2D eigenvalue weighted by Crippen LogP contribution is -2.08. The number of thiophene rings is 1. The lowest BCUT2D eigenvalue weighted by molar-refractivity contribution is 0.527. The highest BCUT2D eigenvalue weighted by atomic mass is 35.5. The van der Waals surface area contributed by atoms with E-state index < -0.39 is 0 Å². The Balaban J connectivity index is 1.31. The molecule has 0 saturated carbocycles. The normalized spacial score (nSPS) is 11.2. The van der Waals surface area contributed by atoms with Gasteiger partial charge in [0.1, 0.15) is 5.82 Å². The van der Waals surface area contributed by atoms with Gasteiger partial charge < -0.3 is 8.98 Å². The highest BCUT2D eigenvalue weighted by Gasteiger charge is 2.16. The fourth-order valence-corrected chi connectivity index (χ4v) is 5.03. The molecule has 0 radical (unpaired) electrons. The van der Waals surface area contributed by atoms with Gasteiger partial charge in [0, 0.05) is 28.4 Å². The molecule has 166 valence electrons. The molecule has 0 unspecified atom stereocenters.